The maximum atomic E-state index is 11.8. The standard InChI is InChI=1S/C24H23NO4.CH4/c1-5-29-24(27)19-10-12-20(13-11-19)25-14-21(16(2)3)22(15-25)17-6-8-18(9-7-17)23(26)28-4;/h6-15H,2,5H2,1,3-4H3;1H4. The molecule has 1 aromatic heterocycles. The summed E-state index contributed by atoms with van der Waals surface area (Å²) in [6.07, 6.45) is 4.02. The average molecular weight is 405 g/mol. The first-order chi connectivity index (χ1) is 13.9. The Morgan fingerprint density at radius 1 is 0.933 bits per heavy atom. The van der Waals surface area contributed by atoms with Gasteiger partial charge in [-0.15, -0.1) is 0 Å². The highest BCUT2D eigenvalue weighted by atomic mass is 16.5. The van der Waals surface area contributed by atoms with Crippen molar-refractivity contribution in [1.29, 1.82) is 0 Å². The molecule has 0 fully saturated rings. The SMILES string of the molecule is C.C=C(C)c1cn(-c2ccc(C(=O)OCC)cc2)cc1-c1ccc(C(=O)OC)cc1. The third-order valence-electron chi connectivity index (χ3n) is 4.58. The van der Waals surface area contributed by atoms with E-state index in [1.807, 2.05) is 48.1 Å². The number of ether oxygens (including phenoxy) is 2. The van der Waals surface area contributed by atoms with E-state index < -0.39 is 0 Å². The fourth-order valence-electron chi connectivity index (χ4n) is 3.06. The van der Waals surface area contributed by atoms with Gasteiger partial charge in [-0.3, -0.25) is 0 Å². The number of carbonyl (C=O) groups excluding carboxylic acids is 2. The van der Waals surface area contributed by atoms with Crippen molar-refractivity contribution < 1.29 is 19.1 Å². The molecule has 1 heterocycles. The van der Waals surface area contributed by atoms with Crippen molar-refractivity contribution in [2.24, 2.45) is 0 Å². The van der Waals surface area contributed by atoms with Gasteiger partial charge in [-0.05, 0) is 61.4 Å². The molecule has 5 nitrogen and oxygen atoms in total. The van der Waals surface area contributed by atoms with Crippen molar-refractivity contribution in [3.63, 3.8) is 0 Å². The van der Waals surface area contributed by atoms with E-state index in [1.54, 1.807) is 31.2 Å². The smallest absolute Gasteiger partial charge is 0.338 e. The second kappa shape index (κ2) is 9.74. The lowest BCUT2D eigenvalue weighted by Crippen LogP contribution is -2.04. The number of rotatable bonds is 6. The van der Waals surface area contributed by atoms with Gasteiger partial charge in [0.05, 0.1) is 24.8 Å². The van der Waals surface area contributed by atoms with Gasteiger partial charge < -0.3 is 14.0 Å². The molecule has 0 amide bonds. The van der Waals surface area contributed by atoms with Gasteiger partial charge in [0, 0.05) is 29.2 Å². The molecular weight excluding hydrogens is 378 g/mol. The summed E-state index contributed by atoms with van der Waals surface area (Å²) in [7, 11) is 1.36. The molecule has 3 aromatic rings. The zero-order chi connectivity index (χ0) is 21.0. The van der Waals surface area contributed by atoms with Crippen LogP contribution in [0.2, 0.25) is 0 Å². The third kappa shape index (κ3) is 4.69. The number of hydrogen-bond donors (Lipinski definition) is 0. The number of benzene rings is 2. The van der Waals surface area contributed by atoms with Gasteiger partial charge in [0.2, 0.25) is 0 Å². The van der Waals surface area contributed by atoms with Crippen molar-refractivity contribution >= 4 is 17.5 Å². The minimum Gasteiger partial charge on any atom is -0.465 e. The largest absolute Gasteiger partial charge is 0.465 e. The van der Waals surface area contributed by atoms with Crippen LogP contribution in [-0.4, -0.2) is 30.2 Å². The monoisotopic (exact) mass is 405 g/mol. The summed E-state index contributed by atoms with van der Waals surface area (Å²) in [5.74, 6) is -0.698. The van der Waals surface area contributed by atoms with Crippen LogP contribution < -0.4 is 0 Å². The number of aromatic nitrogens is 1. The topological polar surface area (TPSA) is 57.5 Å². The van der Waals surface area contributed by atoms with E-state index in [0.29, 0.717) is 17.7 Å². The molecule has 3 rings (SSSR count). The molecule has 0 aliphatic rings. The van der Waals surface area contributed by atoms with Crippen LogP contribution in [-0.2, 0) is 9.47 Å². The Kier molecular flexibility index (Phi) is 7.37. The molecule has 0 aliphatic carbocycles. The summed E-state index contributed by atoms with van der Waals surface area (Å²) >= 11 is 0. The molecular formula is C25H27NO4. The number of hydrogen-bond acceptors (Lipinski definition) is 4. The Bertz CT molecular complexity index is 1040. The van der Waals surface area contributed by atoms with Crippen molar-refractivity contribution in [3.8, 4) is 16.8 Å². The molecule has 2 aromatic carbocycles. The maximum Gasteiger partial charge on any atom is 0.338 e. The second-order valence-corrected chi connectivity index (χ2v) is 6.61. The van der Waals surface area contributed by atoms with Crippen molar-refractivity contribution in [1.82, 2.24) is 4.57 Å². The predicted octanol–water partition coefficient (Wildman–Crippen LogP) is 5.78. The first-order valence-corrected chi connectivity index (χ1v) is 9.28. The van der Waals surface area contributed by atoms with Gasteiger partial charge in [0.15, 0.2) is 0 Å². The molecule has 0 unspecified atom stereocenters. The Balaban J connectivity index is 0.00000320. The van der Waals surface area contributed by atoms with Crippen LogP contribution in [0.5, 0.6) is 0 Å². The molecule has 0 spiro atoms. The van der Waals surface area contributed by atoms with E-state index in [1.165, 1.54) is 7.11 Å². The Labute approximate surface area is 177 Å². The first kappa shape index (κ1) is 22.7. The van der Waals surface area contributed by atoms with Crippen molar-refractivity contribution in [2.45, 2.75) is 21.3 Å². The third-order valence-corrected chi connectivity index (χ3v) is 4.58. The predicted molar refractivity (Wildman–Crippen MR) is 120 cm³/mol. The number of carbonyl (C=O) groups is 2. The highest BCUT2D eigenvalue weighted by Gasteiger charge is 2.13. The number of allylic oxidation sites excluding steroid dienone is 1. The Morgan fingerprint density at radius 2 is 1.50 bits per heavy atom. The highest BCUT2D eigenvalue weighted by Crippen LogP contribution is 2.31. The summed E-state index contributed by atoms with van der Waals surface area (Å²) in [6, 6.07) is 14.5. The molecule has 0 aliphatic heterocycles. The zero-order valence-electron chi connectivity index (χ0n) is 16.8. The van der Waals surface area contributed by atoms with Crippen LogP contribution in [0.3, 0.4) is 0 Å². The van der Waals surface area contributed by atoms with Crippen molar-refractivity contribution in [2.75, 3.05) is 13.7 Å². The molecule has 30 heavy (non-hydrogen) atoms. The van der Waals surface area contributed by atoms with Crippen LogP contribution in [0.25, 0.3) is 22.4 Å². The minimum atomic E-state index is -0.365. The molecule has 5 heteroatoms. The maximum absolute atomic E-state index is 11.8. The summed E-state index contributed by atoms with van der Waals surface area (Å²) < 4.78 is 11.8. The van der Waals surface area contributed by atoms with Crippen LogP contribution in [0.15, 0.2) is 67.5 Å². The molecule has 0 saturated carbocycles. The number of esters is 2. The van der Waals surface area contributed by atoms with Gasteiger partial charge in [-0.1, -0.05) is 26.1 Å². The van der Waals surface area contributed by atoms with E-state index in [0.717, 1.165) is 28.0 Å². The second-order valence-electron chi connectivity index (χ2n) is 6.61. The fourth-order valence-corrected chi connectivity index (χ4v) is 3.06. The van der Waals surface area contributed by atoms with Gasteiger partial charge in [-0.2, -0.15) is 0 Å². The van der Waals surface area contributed by atoms with E-state index in [2.05, 4.69) is 6.58 Å². The van der Waals surface area contributed by atoms with E-state index in [-0.39, 0.29) is 19.4 Å². The average Bonchev–Trinajstić information content (AvgIpc) is 3.19. The lowest BCUT2D eigenvalue weighted by molar-refractivity contribution is 0.0525. The molecule has 0 atom stereocenters. The Morgan fingerprint density at radius 3 is 2.03 bits per heavy atom. The normalized spacial score (nSPS) is 10.1. The van der Waals surface area contributed by atoms with Gasteiger partial charge in [0.25, 0.3) is 0 Å². The lowest BCUT2D eigenvalue weighted by Gasteiger charge is -2.05. The van der Waals surface area contributed by atoms with Gasteiger partial charge >= 0.3 is 11.9 Å². The van der Waals surface area contributed by atoms with E-state index in [4.69, 9.17) is 9.47 Å². The summed E-state index contributed by atoms with van der Waals surface area (Å²) in [4.78, 5) is 23.5. The first-order valence-electron chi connectivity index (χ1n) is 9.28. The minimum absolute atomic E-state index is 0. The summed E-state index contributed by atoms with van der Waals surface area (Å²) in [5.41, 5.74) is 5.84. The van der Waals surface area contributed by atoms with E-state index in [9.17, 15) is 9.59 Å². The van der Waals surface area contributed by atoms with Crippen LogP contribution in [0, 0.1) is 0 Å². The van der Waals surface area contributed by atoms with E-state index >= 15 is 0 Å². The zero-order valence-corrected chi connectivity index (χ0v) is 16.8. The summed E-state index contributed by atoms with van der Waals surface area (Å²) in [5, 5.41) is 0. The Hall–Kier alpha value is -3.60. The van der Waals surface area contributed by atoms with Gasteiger partial charge in [-0.25, -0.2) is 9.59 Å². The van der Waals surface area contributed by atoms with Gasteiger partial charge in [0.1, 0.15) is 0 Å². The number of nitrogens with zero attached hydrogens (tertiary/aromatic N) is 1. The fraction of sp³-hybridized carbons (Fsp3) is 0.200. The highest BCUT2D eigenvalue weighted by molar-refractivity contribution is 5.91. The van der Waals surface area contributed by atoms with Crippen LogP contribution >= 0.6 is 0 Å². The van der Waals surface area contributed by atoms with Crippen LogP contribution in [0.4, 0.5) is 0 Å². The molecule has 0 saturated heterocycles. The molecule has 156 valence electrons. The number of methoxy groups -OCH3 is 1. The lowest BCUT2D eigenvalue weighted by atomic mass is 10.00. The summed E-state index contributed by atoms with van der Waals surface area (Å²) in [6.45, 7) is 8.17. The van der Waals surface area contributed by atoms with Crippen molar-refractivity contribution in [3.05, 3.63) is 84.2 Å². The molecule has 0 radical (unpaired) electrons. The van der Waals surface area contributed by atoms with Crippen LogP contribution in [0.1, 0.15) is 47.6 Å². The quantitative estimate of drug-likeness (QED) is 0.488. The molecule has 0 N–H and O–H groups in total. The molecule has 0 bridgehead atoms.